The molecule has 0 heterocycles. The molecule has 0 bridgehead atoms. The first kappa shape index (κ1) is 76.6. The van der Waals surface area contributed by atoms with Crippen LogP contribution in [0.25, 0.3) is 0 Å². The van der Waals surface area contributed by atoms with Gasteiger partial charge in [-0.3, -0.25) is 14.4 Å². The highest BCUT2D eigenvalue weighted by Gasteiger charge is 2.19. The molecule has 0 aliphatic heterocycles. The number of rotatable bonds is 63. The Morgan fingerprint density at radius 1 is 0.263 bits per heavy atom. The van der Waals surface area contributed by atoms with Crippen molar-refractivity contribution in [2.45, 2.75) is 354 Å². The lowest BCUT2D eigenvalue weighted by Crippen LogP contribution is -2.30. The van der Waals surface area contributed by atoms with E-state index in [1.165, 1.54) is 218 Å². The molecule has 6 heteroatoms. The predicted octanol–water partition coefficient (Wildman–Crippen LogP) is 23.8. The standard InChI is InChI=1S/C74H130O6/c1-4-7-10-13-16-19-22-25-28-31-32-33-34-35-36-37-38-39-40-41-42-44-46-49-52-55-58-61-64-67-73(76)79-70-71(69-78-72(75)66-63-60-57-54-51-48-45-30-27-24-21-18-15-12-9-6-3)80-74(77)68-65-62-59-56-53-50-47-43-29-26-23-20-17-14-11-8-5-2/h8,11,17,20,22,25-26,29,31-32,47,50,56,59,71H,4-7,9-10,12-16,18-19,21,23-24,27-28,30,33-46,48-49,51-55,57-58,60-70H2,1-3H3/b11-8-,20-17-,25-22-,29-26-,32-31-,50-47-,59-56-. The molecule has 0 aliphatic rings. The molecule has 0 radical (unpaired) electrons. The molecule has 0 spiro atoms. The van der Waals surface area contributed by atoms with Crippen LogP contribution in [-0.4, -0.2) is 37.2 Å². The SMILES string of the molecule is CC/C=C\C/C=C\C/C=C\C/C=C\C/C=C\CCCC(=O)OC(COC(=O)CCCCCCCCCCCCCCCCCC)COC(=O)CCCCCCCCCCCCCCCCCCC/C=C\C/C=C\CCCCCCC. The monoisotopic (exact) mass is 1110 g/mol. The van der Waals surface area contributed by atoms with E-state index >= 15 is 0 Å². The molecule has 0 aromatic carbocycles. The fraction of sp³-hybridized carbons (Fsp3) is 0.770. The first-order valence-corrected chi connectivity index (χ1v) is 34.6. The zero-order valence-electron chi connectivity index (χ0n) is 53.1. The number of ether oxygens (including phenoxy) is 3. The number of esters is 3. The Bertz CT molecular complexity index is 1520. The smallest absolute Gasteiger partial charge is 0.306 e. The van der Waals surface area contributed by atoms with E-state index in [-0.39, 0.29) is 37.5 Å². The zero-order chi connectivity index (χ0) is 57.8. The van der Waals surface area contributed by atoms with Gasteiger partial charge in [0, 0.05) is 19.3 Å². The lowest BCUT2D eigenvalue weighted by atomic mass is 10.0. The van der Waals surface area contributed by atoms with E-state index in [0.717, 1.165) is 83.5 Å². The van der Waals surface area contributed by atoms with Gasteiger partial charge in [-0.1, -0.05) is 324 Å². The number of carbonyl (C=O) groups excluding carboxylic acids is 3. The van der Waals surface area contributed by atoms with Crippen LogP contribution in [0.15, 0.2) is 85.1 Å². The summed E-state index contributed by atoms with van der Waals surface area (Å²) in [5, 5.41) is 0. The van der Waals surface area contributed by atoms with Crippen LogP contribution in [0, 0.1) is 0 Å². The van der Waals surface area contributed by atoms with Gasteiger partial charge in [0.1, 0.15) is 13.2 Å². The average molecular weight is 1120 g/mol. The zero-order valence-corrected chi connectivity index (χ0v) is 53.1. The van der Waals surface area contributed by atoms with Crippen LogP contribution in [-0.2, 0) is 28.6 Å². The molecule has 0 saturated carbocycles. The van der Waals surface area contributed by atoms with Crippen molar-refractivity contribution in [3.63, 3.8) is 0 Å². The van der Waals surface area contributed by atoms with Crippen LogP contribution in [0.5, 0.6) is 0 Å². The van der Waals surface area contributed by atoms with Crippen LogP contribution in [0.3, 0.4) is 0 Å². The van der Waals surface area contributed by atoms with Crippen molar-refractivity contribution in [1.29, 1.82) is 0 Å². The van der Waals surface area contributed by atoms with Crippen LogP contribution < -0.4 is 0 Å². The van der Waals surface area contributed by atoms with E-state index in [1.54, 1.807) is 0 Å². The second-order valence-electron chi connectivity index (χ2n) is 23.1. The molecule has 0 amide bonds. The lowest BCUT2D eigenvalue weighted by molar-refractivity contribution is -0.167. The molecule has 0 aromatic heterocycles. The van der Waals surface area contributed by atoms with Gasteiger partial charge in [0.15, 0.2) is 6.10 Å². The Balaban J connectivity index is 4.29. The predicted molar refractivity (Wildman–Crippen MR) is 348 cm³/mol. The Labute approximate surface area is 496 Å². The van der Waals surface area contributed by atoms with Crippen LogP contribution >= 0.6 is 0 Å². The molecule has 462 valence electrons. The van der Waals surface area contributed by atoms with Crippen molar-refractivity contribution < 1.29 is 28.6 Å². The van der Waals surface area contributed by atoms with Crippen molar-refractivity contribution in [3.8, 4) is 0 Å². The molecular formula is C74H130O6. The minimum absolute atomic E-state index is 0.0949. The van der Waals surface area contributed by atoms with Crippen molar-refractivity contribution in [1.82, 2.24) is 0 Å². The maximum atomic E-state index is 12.9. The molecule has 0 aromatic rings. The van der Waals surface area contributed by atoms with Crippen LogP contribution in [0.1, 0.15) is 348 Å². The quantitative estimate of drug-likeness (QED) is 0.0261. The van der Waals surface area contributed by atoms with Crippen molar-refractivity contribution in [2.75, 3.05) is 13.2 Å². The summed E-state index contributed by atoms with van der Waals surface area (Å²) in [6.45, 7) is 6.52. The Kier molecular flexibility index (Phi) is 65.2. The van der Waals surface area contributed by atoms with Crippen LogP contribution in [0.2, 0.25) is 0 Å². The summed E-state index contributed by atoms with van der Waals surface area (Å²) in [6, 6.07) is 0. The summed E-state index contributed by atoms with van der Waals surface area (Å²) in [4.78, 5) is 38.4. The van der Waals surface area contributed by atoms with E-state index in [1.807, 2.05) is 0 Å². The Hall–Kier alpha value is -3.41. The van der Waals surface area contributed by atoms with Crippen molar-refractivity contribution in [2.24, 2.45) is 0 Å². The topological polar surface area (TPSA) is 78.9 Å². The van der Waals surface area contributed by atoms with Crippen LogP contribution in [0.4, 0.5) is 0 Å². The molecule has 1 unspecified atom stereocenters. The van der Waals surface area contributed by atoms with Gasteiger partial charge in [-0.2, -0.15) is 0 Å². The molecule has 0 N–H and O–H groups in total. The van der Waals surface area contributed by atoms with Gasteiger partial charge in [-0.25, -0.2) is 0 Å². The van der Waals surface area contributed by atoms with E-state index in [0.29, 0.717) is 19.3 Å². The molecule has 0 aliphatic carbocycles. The van der Waals surface area contributed by atoms with Gasteiger partial charge < -0.3 is 14.2 Å². The molecule has 80 heavy (non-hydrogen) atoms. The molecule has 0 rings (SSSR count). The van der Waals surface area contributed by atoms with Gasteiger partial charge in [0.05, 0.1) is 0 Å². The van der Waals surface area contributed by atoms with E-state index in [9.17, 15) is 14.4 Å². The maximum absolute atomic E-state index is 12.9. The fourth-order valence-electron chi connectivity index (χ4n) is 9.98. The normalized spacial score (nSPS) is 12.6. The van der Waals surface area contributed by atoms with Gasteiger partial charge in [-0.05, 0) is 89.9 Å². The molecule has 6 nitrogen and oxygen atoms in total. The van der Waals surface area contributed by atoms with E-state index in [4.69, 9.17) is 14.2 Å². The first-order chi connectivity index (χ1) is 39.5. The highest BCUT2D eigenvalue weighted by molar-refractivity contribution is 5.71. The number of hydrogen-bond acceptors (Lipinski definition) is 6. The number of allylic oxidation sites excluding steroid dienone is 14. The molecule has 0 fully saturated rings. The van der Waals surface area contributed by atoms with Crippen molar-refractivity contribution in [3.05, 3.63) is 85.1 Å². The minimum atomic E-state index is -0.805. The summed E-state index contributed by atoms with van der Waals surface area (Å²) in [6.07, 6.45) is 90.5. The summed E-state index contributed by atoms with van der Waals surface area (Å²) < 4.78 is 16.9. The van der Waals surface area contributed by atoms with E-state index in [2.05, 4.69) is 106 Å². The first-order valence-electron chi connectivity index (χ1n) is 34.6. The summed E-state index contributed by atoms with van der Waals surface area (Å²) in [5.74, 6) is -0.935. The number of unbranched alkanes of at least 4 members (excludes halogenated alkanes) is 38. The van der Waals surface area contributed by atoms with Gasteiger partial charge in [-0.15, -0.1) is 0 Å². The van der Waals surface area contributed by atoms with Gasteiger partial charge in [0.25, 0.3) is 0 Å². The van der Waals surface area contributed by atoms with E-state index < -0.39 is 6.10 Å². The highest BCUT2D eigenvalue weighted by Crippen LogP contribution is 2.18. The number of carbonyl (C=O) groups is 3. The second-order valence-corrected chi connectivity index (χ2v) is 23.1. The largest absolute Gasteiger partial charge is 0.462 e. The molecular weight excluding hydrogens is 985 g/mol. The maximum Gasteiger partial charge on any atom is 0.306 e. The summed E-state index contributed by atoms with van der Waals surface area (Å²) in [5.41, 5.74) is 0. The van der Waals surface area contributed by atoms with Gasteiger partial charge in [0.2, 0.25) is 0 Å². The third-order valence-electron chi connectivity index (χ3n) is 15.1. The summed E-state index contributed by atoms with van der Waals surface area (Å²) >= 11 is 0. The molecule has 0 saturated heterocycles. The van der Waals surface area contributed by atoms with Gasteiger partial charge >= 0.3 is 17.9 Å². The fourth-order valence-corrected chi connectivity index (χ4v) is 9.98. The Morgan fingerprint density at radius 3 is 0.800 bits per heavy atom. The lowest BCUT2D eigenvalue weighted by Gasteiger charge is -2.18. The second kappa shape index (κ2) is 68.1. The minimum Gasteiger partial charge on any atom is -0.462 e. The summed E-state index contributed by atoms with van der Waals surface area (Å²) in [7, 11) is 0. The Morgan fingerprint density at radius 2 is 0.500 bits per heavy atom. The number of hydrogen-bond donors (Lipinski definition) is 0. The van der Waals surface area contributed by atoms with Crippen molar-refractivity contribution >= 4 is 17.9 Å². The third kappa shape index (κ3) is 65.4. The highest BCUT2D eigenvalue weighted by atomic mass is 16.6. The third-order valence-corrected chi connectivity index (χ3v) is 15.1. The molecule has 1 atom stereocenters. The average Bonchev–Trinajstić information content (AvgIpc) is 3.46.